The predicted molar refractivity (Wildman–Crippen MR) is 73.2 cm³/mol. The summed E-state index contributed by atoms with van der Waals surface area (Å²) < 4.78 is 10.1. The molecule has 0 aromatic heterocycles. The number of methoxy groups -OCH3 is 2. The maximum absolute atomic E-state index is 12.4. The number of rotatable bonds is 3. The first-order valence-corrected chi connectivity index (χ1v) is 7.56. The van der Waals surface area contributed by atoms with Gasteiger partial charge in [-0.1, -0.05) is 0 Å². The maximum Gasteiger partial charge on any atom is 0.311 e. The molecule has 21 heavy (non-hydrogen) atoms. The van der Waals surface area contributed by atoms with Gasteiger partial charge in [0.2, 0.25) is 0 Å². The van der Waals surface area contributed by atoms with Gasteiger partial charge in [0.15, 0.2) is 0 Å². The predicted octanol–water partition coefficient (Wildman–Crippen LogP) is 1.88. The topological polar surface area (TPSA) is 69.7 Å². The van der Waals surface area contributed by atoms with E-state index in [0.29, 0.717) is 25.7 Å². The van der Waals surface area contributed by atoms with E-state index < -0.39 is 16.2 Å². The standard InChI is InChI=1S/C16H22O5/c1-20-12(18)15-4-3-14(10-17)5-11(6-15)7-16(8-14,9-15)13(19)21-2/h10-11H,3-9H2,1-2H3. The molecule has 4 saturated carbocycles. The van der Waals surface area contributed by atoms with Crippen LogP contribution >= 0.6 is 0 Å². The van der Waals surface area contributed by atoms with Crippen LogP contribution in [0.5, 0.6) is 0 Å². The van der Waals surface area contributed by atoms with E-state index in [1.807, 2.05) is 0 Å². The van der Waals surface area contributed by atoms with Gasteiger partial charge in [0.05, 0.1) is 25.0 Å². The van der Waals surface area contributed by atoms with Gasteiger partial charge < -0.3 is 14.3 Å². The summed E-state index contributed by atoms with van der Waals surface area (Å²) in [5, 5.41) is 0. The highest BCUT2D eigenvalue weighted by Gasteiger charge is 2.65. The Morgan fingerprint density at radius 1 is 0.952 bits per heavy atom. The number of fused-ring (bicyclic) bond motifs is 1. The monoisotopic (exact) mass is 294 g/mol. The quantitative estimate of drug-likeness (QED) is 0.587. The van der Waals surface area contributed by atoms with Gasteiger partial charge in [-0.15, -0.1) is 0 Å². The van der Waals surface area contributed by atoms with Crippen molar-refractivity contribution in [2.75, 3.05) is 14.2 Å². The minimum absolute atomic E-state index is 0.221. The van der Waals surface area contributed by atoms with Crippen LogP contribution in [0.4, 0.5) is 0 Å². The summed E-state index contributed by atoms with van der Waals surface area (Å²) in [6.07, 6.45) is 5.55. The fourth-order valence-corrected chi connectivity index (χ4v) is 5.51. The third kappa shape index (κ3) is 1.93. The maximum atomic E-state index is 12.4. The average Bonchev–Trinajstić information content (AvgIpc) is 2.67. The Hall–Kier alpha value is -1.39. The summed E-state index contributed by atoms with van der Waals surface area (Å²) in [6, 6.07) is 0. The average molecular weight is 294 g/mol. The van der Waals surface area contributed by atoms with Crippen molar-refractivity contribution >= 4 is 18.2 Å². The Bertz CT molecular complexity index is 501. The molecule has 0 aromatic rings. The van der Waals surface area contributed by atoms with E-state index in [1.54, 1.807) is 0 Å². The molecule has 0 spiro atoms. The molecule has 116 valence electrons. The molecular formula is C16H22O5. The molecule has 4 aliphatic carbocycles. The van der Waals surface area contributed by atoms with Gasteiger partial charge in [-0.3, -0.25) is 9.59 Å². The van der Waals surface area contributed by atoms with E-state index in [2.05, 4.69) is 0 Å². The van der Waals surface area contributed by atoms with E-state index in [4.69, 9.17) is 9.47 Å². The van der Waals surface area contributed by atoms with Gasteiger partial charge in [-0.25, -0.2) is 0 Å². The van der Waals surface area contributed by atoms with Gasteiger partial charge >= 0.3 is 11.9 Å². The van der Waals surface area contributed by atoms with Crippen molar-refractivity contribution in [2.45, 2.75) is 44.9 Å². The minimum atomic E-state index is -0.693. The third-order valence-corrected chi connectivity index (χ3v) is 6.01. The number of carbonyl (C=O) groups is 3. The lowest BCUT2D eigenvalue weighted by Crippen LogP contribution is -2.52. The zero-order valence-corrected chi connectivity index (χ0v) is 12.6. The lowest BCUT2D eigenvalue weighted by atomic mass is 9.51. The highest BCUT2D eigenvalue weighted by Crippen LogP contribution is 2.66. The number of carbonyl (C=O) groups excluding carboxylic acids is 3. The van der Waals surface area contributed by atoms with E-state index in [0.717, 1.165) is 25.5 Å². The van der Waals surface area contributed by atoms with Crippen molar-refractivity contribution in [1.82, 2.24) is 0 Å². The summed E-state index contributed by atoms with van der Waals surface area (Å²) in [5.74, 6) is -0.282. The molecule has 4 aliphatic rings. The molecular weight excluding hydrogens is 272 g/mol. The summed E-state index contributed by atoms with van der Waals surface area (Å²) in [5.41, 5.74) is -1.78. The van der Waals surface area contributed by atoms with Crippen LogP contribution in [0.3, 0.4) is 0 Å². The molecule has 0 heterocycles. The van der Waals surface area contributed by atoms with Crippen LogP contribution in [0.2, 0.25) is 0 Å². The zero-order valence-electron chi connectivity index (χ0n) is 12.6. The molecule has 4 unspecified atom stereocenters. The first-order chi connectivity index (χ1) is 9.93. The second-order valence-electron chi connectivity index (χ2n) is 7.36. The molecule has 0 radical (unpaired) electrons. The molecule has 0 amide bonds. The molecule has 4 fully saturated rings. The zero-order chi connectivity index (χ0) is 15.3. The molecule has 0 N–H and O–H groups in total. The van der Waals surface area contributed by atoms with Crippen molar-refractivity contribution in [3.63, 3.8) is 0 Å². The SMILES string of the molecule is COC(=O)C12CCC3(C=O)CC(C1)CC(C(=O)OC)(C3)C2. The molecule has 4 rings (SSSR count). The fourth-order valence-electron chi connectivity index (χ4n) is 5.51. The summed E-state index contributed by atoms with van der Waals surface area (Å²) in [4.78, 5) is 36.6. The Morgan fingerprint density at radius 3 is 2.19 bits per heavy atom. The number of hydrogen-bond acceptors (Lipinski definition) is 5. The second kappa shape index (κ2) is 4.55. The van der Waals surface area contributed by atoms with E-state index in [1.165, 1.54) is 14.2 Å². The van der Waals surface area contributed by atoms with Crippen molar-refractivity contribution in [3.8, 4) is 0 Å². The Morgan fingerprint density at radius 2 is 1.57 bits per heavy atom. The van der Waals surface area contributed by atoms with Gasteiger partial charge in [0.1, 0.15) is 6.29 Å². The van der Waals surface area contributed by atoms with E-state index in [9.17, 15) is 14.4 Å². The molecule has 5 nitrogen and oxygen atoms in total. The fraction of sp³-hybridized carbons (Fsp3) is 0.812. The normalized spacial score (nSPS) is 44.0. The van der Waals surface area contributed by atoms with Gasteiger partial charge in [-0.05, 0) is 50.9 Å². The van der Waals surface area contributed by atoms with Gasteiger partial charge in [0, 0.05) is 5.41 Å². The third-order valence-electron chi connectivity index (χ3n) is 6.01. The van der Waals surface area contributed by atoms with Crippen LogP contribution in [0.1, 0.15) is 44.9 Å². The van der Waals surface area contributed by atoms with Crippen molar-refractivity contribution in [3.05, 3.63) is 0 Å². The van der Waals surface area contributed by atoms with Crippen LogP contribution in [0.15, 0.2) is 0 Å². The Balaban J connectivity index is 2.09. The van der Waals surface area contributed by atoms with Crippen LogP contribution in [-0.2, 0) is 23.9 Å². The van der Waals surface area contributed by atoms with E-state index in [-0.39, 0.29) is 17.9 Å². The number of aldehydes is 1. The molecule has 0 saturated heterocycles. The summed E-state index contributed by atoms with van der Waals surface area (Å²) in [6.45, 7) is 0. The van der Waals surface area contributed by atoms with Crippen LogP contribution in [-0.4, -0.2) is 32.4 Å². The van der Waals surface area contributed by atoms with E-state index >= 15 is 0 Å². The lowest BCUT2D eigenvalue weighted by Gasteiger charge is -2.51. The Kier molecular flexibility index (Phi) is 3.15. The largest absolute Gasteiger partial charge is 0.469 e. The molecule has 4 bridgehead atoms. The molecule has 4 atom stereocenters. The van der Waals surface area contributed by atoms with Crippen LogP contribution < -0.4 is 0 Å². The summed E-state index contributed by atoms with van der Waals surface area (Å²) in [7, 11) is 2.78. The molecule has 0 aromatic carbocycles. The van der Waals surface area contributed by atoms with Crippen LogP contribution in [0, 0.1) is 22.2 Å². The van der Waals surface area contributed by atoms with Crippen molar-refractivity contribution < 1.29 is 23.9 Å². The van der Waals surface area contributed by atoms with Crippen molar-refractivity contribution in [2.24, 2.45) is 22.2 Å². The number of esters is 2. The highest BCUT2D eigenvalue weighted by atomic mass is 16.5. The number of hydrogen-bond donors (Lipinski definition) is 0. The smallest absolute Gasteiger partial charge is 0.311 e. The van der Waals surface area contributed by atoms with Gasteiger partial charge in [0.25, 0.3) is 0 Å². The lowest BCUT2D eigenvalue weighted by molar-refractivity contribution is -0.174. The van der Waals surface area contributed by atoms with Crippen LogP contribution in [0.25, 0.3) is 0 Å². The summed E-state index contributed by atoms with van der Waals surface area (Å²) >= 11 is 0. The molecule has 0 aliphatic heterocycles. The highest BCUT2D eigenvalue weighted by molar-refractivity contribution is 5.83. The molecule has 5 heteroatoms. The van der Waals surface area contributed by atoms with Crippen molar-refractivity contribution in [1.29, 1.82) is 0 Å². The first-order valence-electron chi connectivity index (χ1n) is 7.56. The minimum Gasteiger partial charge on any atom is -0.469 e. The second-order valence-corrected chi connectivity index (χ2v) is 7.36. The first kappa shape index (κ1) is 14.5. The Labute approximate surface area is 124 Å². The number of ether oxygens (including phenoxy) is 2. The van der Waals surface area contributed by atoms with Gasteiger partial charge in [-0.2, -0.15) is 0 Å².